The molecule has 2 rings (SSSR count). The fraction of sp³-hybridized carbons (Fsp3) is 0.688. The molecule has 19 heavy (non-hydrogen) atoms. The Labute approximate surface area is 116 Å². The summed E-state index contributed by atoms with van der Waals surface area (Å²) in [6, 6.07) is 2.44. The molecule has 1 saturated carbocycles. The minimum Gasteiger partial charge on any atom is -0.393 e. The van der Waals surface area contributed by atoms with E-state index in [2.05, 4.69) is 37.1 Å². The van der Waals surface area contributed by atoms with Crippen LogP contribution in [-0.4, -0.2) is 22.7 Å². The number of aliphatic hydroxyl groups excluding tert-OH is 1. The molecule has 3 nitrogen and oxygen atoms in total. The van der Waals surface area contributed by atoms with Crippen molar-refractivity contribution in [1.29, 1.82) is 0 Å². The Balaban J connectivity index is 2.02. The lowest BCUT2D eigenvalue weighted by Crippen LogP contribution is -2.30. The van der Waals surface area contributed by atoms with Crippen molar-refractivity contribution >= 4 is 0 Å². The van der Waals surface area contributed by atoms with E-state index in [4.69, 9.17) is 0 Å². The predicted molar refractivity (Wildman–Crippen MR) is 78.2 cm³/mol. The third kappa shape index (κ3) is 3.34. The normalized spacial score (nSPS) is 24.7. The number of pyridine rings is 1. The number of rotatable bonds is 4. The molecule has 0 radical (unpaired) electrons. The monoisotopic (exact) mass is 262 g/mol. The molecule has 1 heterocycles. The fourth-order valence-corrected chi connectivity index (χ4v) is 3.37. The molecule has 1 aliphatic rings. The maximum Gasteiger partial charge on any atom is 0.0580 e. The van der Waals surface area contributed by atoms with E-state index in [9.17, 15) is 5.11 Å². The summed E-state index contributed by atoms with van der Waals surface area (Å²) in [5, 5.41) is 13.4. The van der Waals surface area contributed by atoms with Gasteiger partial charge in [-0.25, -0.2) is 0 Å². The van der Waals surface area contributed by atoms with Crippen molar-refractivity contribution < 1.29 is 5.11 Å². The van der Waals surface area contributed by atoms with Gasteiger partial charge in [0.05, 0.1) is 6.10 Å². The van der Waals surface area contributed by atoms with Gasteiger partial charge in [0.25, 0.3) is 0 Å². The van der Waals surface area contributed by atoms with Crippen LogP contribution in [0.5, 0.6) is 0 Å². The zero-order valence-electron chi connectivity index (χ0n) is 12.5. The molecule has 3 unspecified atom stereocenters. The second-order valence-electron chi connectivity index (χ2n) is 5.97. The SMILES string of the molecule is Cc1cc(C)c(C(C)NCC2CCCC2O)c(C)n1. The van der Waals surface area contributed by atoms with Crippen LogP contribution < -0.4 is 5.32 Å². The molecule has 1 fully saturated rings. The molecular weight excluding hydrogens is 236 g/mol. The quantitative estimate of drug-likeness (QED) is 0.877. The van der Waals surface area contributed by atoms with Gasteiger partial charge in [0.2, 0.25) is 0 Å². The van der Waals surface area contributed by atoms with Crippen LogP contribution in [0.4, 0.5) is 0 Å². The molecule has 3 heteroatoms. The Morgan fingerprint density at radius 2 is 2.11 bits per heavy atom. The zero-order chi connectivity index (χ0) is 14.0. The summed E-state index contributed by atoms with van der Waals surface area (Å²) in [4.78, 5) is 4.56. The van der Waals surface area contributed by atoms with Gasteiger partial charge in [-0.05, 0) is 63.6 Å². The molecule has 2 N–H and O–H groups in total. The minimum absolute atomic E-state index is 0.113. The molecule has 3 atom stereocenters. The molecule has 106 valence electrons. The maximum atomic E-state index is 9.87. The number of aromatic nitrogens is 1. The Bertz CT molecular complexity index is 421. The topological polar surface area (TPSA) is 45.1 Å². The number of hydrogen-bond acceptors (Lipinski definition) is 3. The first-order chi connectivity index (χ1) is 8.99. The van der Waals surface area contributed by atoms with Crippen LogP contribution in [0.2, 0.25) is 0 Å². The molecule has 1 aliphatic carbocycles. The predicted octanol–water partition coefficient (Wildman–Crippen LogP) is 2.82. The van der Waals surface area contributed by atoms with Gasteiger partial charge in [-0.1, -0.05) is 6.42 Å². The van der Waals surface area contributed by atoms with Crippen molar-refractivity contribution in [2.45, 2.75) is 59.1 Å². The summed E-state index contributed by atoms with van der Waals surface area (Å²) in [7, 11) is 0. The van der Waals surface area contributed by atoms with Crippen LogP contribution in [0.15, 0.2) is 6.07 Å². The summed E-state index contributed by atoms with van der Waals surface area (Å²) >= 11 is 0. The summed E-state index contributed by atoms with van der Waals surface area (Å²) in [6.07, 6.45) is 3.15. The van der Waals surface area contributed by atoms with Gasteiger partial charge < -0.3 is 10.4 Å². The smallest absolute Gasteiger partial charge is 0.0580 e. The summed E-state index contributed by atoms with van der Waals surface area (Å²) in [6.45, 7) is 9.36. The summed E-state index contributed by atoms with van der Waals surface area (Å²) < 4.78 is 0. The first-order valence-electron chi connectivity index (χ1n) is 7.35. The van der Waals surface area contributed by atoms with Crippen molar-refractivity contribution in [3.8, 4) is 0 Å². The third-order valence-electron chi connectivity index (χ3n) is 4.32. The Kier molecular flexibility index (Phi) is 4.58. The molecule has 1 aromatic rings. The van der Waals surface area contributed by atoms with Gasteiger partial charge in [-0.3, -0.25) is 4.98 Å². The van der Waals surface area contributed by atoms with Crippen molar-refractivity contribution in [2.75, 3.05) is 6.54 Å². The zero-order valence-corrected chi connectivity index (χ0v) is 12.5. The largest absolute Gasteiger partial charge is 0.393 e. The van der Waals surface area contributed by atoms with Gasteiger partial charge in [-0.15, -0.1) is 0 Å². The van der Waals surface area contributed by atoms with Gasteiger partial charge in [-0.2, -0.15) is 0 Å². The van der Waals surface area contributed by atoms with E-state index in [-0.39, 0.29) is 6.10 Å². The lowest BCUT2D eigenvalue weighted by atomic mass is 9.99. The first kappa shape index (κ1) is 14.5. The standard InChI is InChI=1S/C16H26N2O/c1-10-8-11(2)18-13(4)16(10)12(3)17-9-14-6-5-7-15(14)19/h8,12,14-15,17,19H,5-7,9H2,1-4H3. The molecule has 0 aromatic carbocycles. The second kappa shape index (κ2) is 6.02. The number of nitrogens with zero attached hydrogens (tertiary/aromatic N) is 1. The molecule has 0 saturated heterocycles. The van der Waals surface area contributed by atoms with Gasteiger partial charge in [0, 0.05) is 24.0 Å². The molecule has 0 bridgehead atoms. The lowest BCUT2D eigenvalue weighted by Gasteiger charge is -2.22. The van der Waals surface area contributed by atoms with E-state index < -0.39 is 0 Å². The van der Waals surface area contributed by atoms with E-state index in [0.29, 0.717) is 12.0 Å². The number of hydrogen-bond donors (Lipinski definition) is 2. The number of aryl methyl sites for hydroxylation is 3. The van der Waals surface area contributed by atoms with E-state index in [1.165, 1.54) is 11.1 Å². The molecule has 0 amide bonds. The van der Waals surface area contributed by atoms with E-state index in [1.54, 1.807) is 0 Å². The Hall–Kier alpha value is -0.930. The average Bonchev–Trinajstić information content (AvgIpc) is 2.70. The van der Waals surface area contributed by atoms with E-state index >= 15 is 0 Å². The highest BCUT2D eigenvalue weighted by molar-refractivity contribution is 5.33. The third-order valence-corrected chi connectivity index (χ3v) is 4.32. The fourth-order valence-electron chi connectivity index (χ4n) is 3.37. The van der Waals surface area contributed by atoms with Crippen molar-refractivity contribution in [3.05, 3.63) is 28.6 Å². The van der Waals surface area contributed by atoms with Crippen molar-refractivity contribution in [1.82, 2.24) is 10.3 Å². The highest BCUT2D eigenvalue weighted by Gasteiger charge is 2.25. The molecule has 0 aliphatic heterocycles. The maximum absolute atomic E-state index is 9.87. The first-order valence-corrected chi connectivity index (χ1v) is 7.35. The van der Waals surface area contributed by atoms with Gasteiger partial charge in [0.1, 0.15) is 0 Å². The van der Waals surface area contributed by atoms with Gasteiger partial charge in [0.15, 0.2) is 0 Å². The Morgan fingerprint density at radius 3 is 2.68 bits per heavy atom. The van der Waals surface area contributed by atoms with Crippen molar-refractivity contribution in [2.24, 2.45) is 5.92 Å². The minimum atomic E-state index is -0.113. The lowest BCUT2D eigenvalue weighted by molar-refractivity contribution is 0.130. The van der Waals surface area contributed by atoms with E-state index in [1.807, 2.05) is 6.92 Å². The van der Waals surface area contributed by atoms with Crippen LogP contribution in [0.25, 0.3) is 0 Å². The number of nitrogens with one attached hydrogen (secondary N) is 1. The molecular formula is C16H26N2O. The Morgan fingerprint density at radius 1 is 1.37 bits per heavy atom. The van der Waals surface area contributed by atoms with Crippen LogP contribution >= 0.6 is 0 Å². The van der Waals surface area contributed by atoms with Crippen molar-refractivity contribution in [3.63, 3.8) is 0 Å². The second-order valence-corrected chi connectivity index (χ2v) is 5.97. The summed E-state index contributed by atoms with van der Waals surface area (Å²) in [5.74, 6) is 0.418. The van der Waals surface area contributed by atoms with Crippen LogP contribution in [-0.2, 0) is 0 Å². The molecule has 1 aromatic heterocycles. The summed E-state index contributed by atoms with van der Waals surface area (Å²) in [5.41, 5.74) is 4.80. The van der Waals surface area contributed by atoms with Crippen LogP contribution in [0, 0.1) is 26.7 Å². The molecule has 0 spiro atoms. The highest BCUT2D eigenvalue weighted by Crippen LogP contribution is 2.26. The van der Waals surface area contributed by atoms with Crippen LogP contribution in [0.3, 0.4) is 0 Å². The van der Waals surface area contributed by atoms with Gasteiger partial charge >= 0.3 is 0 Å². The van der Waals surface area contributed by atoms with E-state index in [0.717, 1.165) is 37.2 Å². The average molecular weight is 262 g/mol. The highest BCUT2D eigenvalue weighted by atomic mass is 16.3. The van der Waals surface area contributed by atoms with Crippen LogP contribution in [0.1, 0.15) is 54.7 Å². The number of aliphatic hydroxyl groups is 1.